The van der Waals surface area contributed by atoms with Gasteiger partial charge in [0, 0.05) is 17.9 Å². The van der Waals surface area contributed by atoms with Crippen LogP contribution in [-0.2, 0) is 12.3 Å². The van der Waals surface area contributed by atoms with E-state index >= 15 is 0 Å². The minimum Gasteiger partial charge on any atom is -0.294 e. The summed E-state index contributed by atoms with van der Waals surface area (Å²) in [5, 5.41) is 1.36. The van der Waals surface area contributed by atoms with E-state index in [0.29, 0.717) is 22.8 Å². The molecule has 0 radical (unpaired) electrons. The van der Waals surface area contributed by atoms with E-state index in [1.165, 1.54) is 0 Å². The number of aryl methyl sites for hydroxylation is 2. The van der Waals surface area contributed by atoms with Gasteiger partial charge in [-0.25, -0.2) is 4.98 Å². The first-order chi connectivity index (χ1) is 12.8. The largest absolute Gasteiger partial charge is 0.294 e. The lowest BCUT2D eigenvalue weighted by Crippen LogP contribution is -2.22. The van der Waals surface area contributed by atoms with Gasteiger partial charge in [-0.1, -0.05) is 30.0 Å². The van der Waals surface area contributed by atoms with Gasteiger partial charge in [-0.2, -0.15) is 0 Å². The van der Waals surface area contributed by atoms with Crippen molar-refractivity contribution in [3.63, 3.8) is 0 Å². The number of carbonyl (C=O) groups is 1. The summed E-state index contributed by atoms with van der Waals surface area (Å²) < 4.78 is 1.72. The van der Waals surface area contributed by atoms with Crippen molar-refractivity contribution in [2.45, 2.75) is 52.1 Å². The average Bonchev–Trinajstić information content (AvgIpc) is 2.61. The van der Waals surface area contributed by atoms with Gasteiger partial charge in [0.05, 0.1) is 10.9 Å². The number of benzene rings is 2. The summed E-state index contributed by atoms with van der Waals surface area (Å²) >= 11 is 1.55. The fourth-order valence-electron chi connectivity index (χ4n) is 3.66. The highest BCUT2D eigenvalue weighted by atomic mass is 32.2. The molecule has 4 nitrogen and oxygen atoms in total. The molecule has 0 atom stereocenters. The van der Waals surface area contributed by atoms with Crippen LogP contribution in [0.15, 0.2) is 40.3 Å². The van der Waals surface area contributed by atoms with Crippen LogP contribution in [0.3, 0.4) is 0 Å². The molecular weight excluding hydrogens is 356 g/mol. The Hall–Kier alpha value is -2.40. The second-order valence-electron chi connectivity index (χ2n) is 6.79. The zero-order valence-electron chi connectivity index (χ0n) is 16.4. The third-order valence-corrected chi connectivity index (χ3v) is 5.97. The fourth-order valence-corrected chi connectivity index (χ4v) is 4.91. The molecule has 0 N–H and O–H groups in total. The first-order valence-electron chi connectivity index (χ1n) is 9.08. The summed E-state index contributed by atoms with van der Waals surface area (Å²) in [5.41, 5.74) is 5.85. The monoisotopic (exact) mass is 380 g/mol. The molecule has 3 rings (SSSR count). The highest BCUT2D eigenvalue weighted by Gasteiger charge is 2.16. The molecule has 0 aliphatic heterocycles. The van der Waals surface area contributed by atoms with Gasteiger partial charge >= 0.3 is 0 Å². The Morgan fingerprint density at radius 2 is 1.85 bits per heavy atom. The number of carbonyl (C=O) groups excluding carboxylic acids is 1. The molecule has 0 unspecified atom stereocenters. The van der Waals surface area contributed by atoms with Gasteiger partial charge in [0.1, 0.15) is 0 Å². The second-order valence-corrected chi connectivity index (χ2v) is 7.74. The Bertz CT molecular complexity index is 1100. The molecule has 0 saturated carbocycles. The number of nitrogens with zero attached hydrogens (tertiary/aromatic N) is 2. The lowest BCUT2D eigenvalue weighted by atomic mass is 9.92. The molecule has 5 heteroatoms. The Morgan fingerprint density at radius 1 is 1.15 bits per heavy atom. The van der Waals surface area contributed by atoms with Gasteiger partial charge in [0.2, 0.25) is 0 Å². The lowest BCUT2D eigenvalue weighted by Gasteiger charge is -2.16. The molecule has 3 aromatic rings. The molecule has 140 valence electrons. The molecular formula is C22H24N2O2S. The van der Waals surface area contributed by atoms with E-state index in [-0.39, 0.29) is 11.3 Å². The number of Topliss-reactive ketones (excluding diaryl/α,β-unsaturated/α-hetero) is 1. The molecule has 0 aliphatic carbocycles. The summed E-state index contributed by atoms with van der Waals surface area (Å²) in [5.74, 6) is 0.758. The van der Waals surface area contributed by atoms with Gasteiger partial charge in [0.25, 0.3) is 5.56 Å². The first-order valence-corrected chi connectivity index (χ1v) is 10.1. The molecule has 27 heavy (non-hydrogen) atoms. The second kappa shape index (κ2) is 7.69. The summed E-state index contributed by atoms with van der Waals surface area (Å²) in [7, 11) is 0. The molecule has 0 fully saturated rings. The van der Waals surface area contributed by atoms with Gasteiger partial charge in [-0.3, -0.25) is 14.2 Å². The highest BCUT2D eigenvalue weighted by molar-refractivity contribution is 7.98. The van der Waals surface area contributed by atoms with Crippen molar-refractivity contribution >= 4 is 28.4 Å². The van der Waals surface area contributed by atoms with Crippen LogP contribution in [0.5, 0.6) is 0 Å². The predicted octanol–water partition coefficient (Wildman–Crippen LogP) is 4.84. The number of fused-ring (bicyclic) bond motifs is 1. The maximum Gasteiger partial charge on any atom is 0.262 e. The molecule has 0 aliphatic rings. The summed E-state index contributed by atoms with van der Waals surface area (Å²) in [6.45, 7) is 10.2. The zero-order valence-corrected chi connectivity index (χ0v) is 17.2. The fraction of sp³-hybridized carbons (Fsp3) is 0.318. The van der Waals surface area contributed by atoms with E-state index in [1.807, 2.05) is 45.0 Å². The van der Waals surface area contributed by atoms with Crippen molar-refractivity contribution in [3.05, 3.63) is 68.5 Å². The van der Waals surface area contributed by atoms with Crippen molar-refractivity contribution in [1.29, 1.82) is 0 Å². The van der Waals surface area contributed by atoms with Crippen LogP contribution in [0.2, 0.25) is 0 Å². The third kappa shape index (κ3) is 3.56. The van der Waals surface area contributed by atoms with E-state index in [9.17, 15) is 9.59 Å². The van der Waals surface area contributed by atoms with Gasteiger partial charge in [-0.15, -0.1) is 0 Å². The number of aromatic nitrogens is 2. The minimum atomic E-state index is -0.00706. The quantitative estimate of drug-likeness (QED) is 0.361. The first kappa shape index (κ1) is 19.4. The number of hydrogen-bond donors (Lipinski definition) is 0. The van der Waals surface area contributed by atoms with Crippen molar-refractivity contribution in [1.82, 2.24) is 9.55 Å². The number of ketones is 1. The van der Waals surface area contributed by atoms with Crippen LogP contribution in [-0.4, -0.2) is 15.3 Å². The molecule has 0 saturated heterocycles. The topological polar surface area (TPSA) is 52.0 Å². The van der Waals surface area contributed by atoms with Crippen LogP contribution in [0.4, 0.5) is 0 Å². The Labute approximate surface area is 163 Å². The van der Waals surface area contributed by atoms with E-state index in [0.717, 1.165) is 33.3 Å². The Balaban J connectivity index is 2.04. The van der Waals surface area contributed by atoms with Crippen molar-refractivity contribution in [3.8, 4) is 0 Å². The Kier molecular flexibility index (Phi) is 5.51. The summed E-state index contributed by atoms with van der Waals surface area (Å²) in [4.78, 5) is 29.5. The van der Waals surface area contributed by atoms with E-state index in [2.05, 4.69) is 13.0 Å². The van der Waals surface area contributed by atoms with Crippen LogP contribution >= 0.6 is 11.8 Å². The predicted molar refractivity (Wildman–Crippen MR) is 112 cm³/mol. The molecule has 0 amide bonds. The Morgan fingerprint density at radius 3 is 2.52 bits per heavy atom. The maximum atomic E-state index is 12.8. The van der Waals surface area contributed by atoms with Crippen LogP contribution < -0.4 is 5.56 Å². The lowest BCUT2D eigenvalue weighted by molar-refractivity contribution is 0.101. The minimum absolute atomic E-state index is 0.00706. The van der Waals surface area contributed by atoms with E-state index < -0.39 is 0 Å². The molecule has 0 bridgehead atoms. The van der Waals surface area contributed by atoms with Gasteiger partial charge in [-0.05, 0) is 69.0 Å². The molecule has 2 aromatic carbocycles. The SMILES string of the molecule is CCn1c(SCc2c(C)cc(C)c(C(C)=O)c2C)nc2ccccc2c1=O. The zero-order chi connectivity index (χ0) is 19.7. The van der Waals surface area contributed by atoms with Crippen LogP contribution in [0.25, 0.3) is 10.9 Å². The van der Waals surface area contributed by atoms with Crippen molar-refractivity contribution in [2.75, 3.05) is 0 Å². The van der Waals surface area contributed by atoms with Crippen molar-refractivity contribution in [2.24, 2.45) is 0 Å². The third-order valence-electron chi connectivity index (χ3n) is 4.97. The smallest absolute Gasteiger partial charge is 0.262 e. The number of thioether (sulfide) groups is 1. The van der Waals surface area contributed by atoms with E-state index in [4.69, 9.17) is 4.98 Å². The molecule has 1 aromatic heterocycles. The molecule has 1 heterocycles. The van der Waals surface area contributed by atoms with Gasteiger partial charge in [0.15, 0.2) is 10.9 Å². The van der Waals surface area contributed by atoms with Crippen molar-refractivity contribution < 1.29 is 4.79 Å². The van der Waals surface area contributed by atoms with Crippen LogP contribution in [0.1, 0.15) is 46.5 Å². The standard InChI is InChI=1S/C22H24N2O2S/c1-6-24-21(26)17-9-7-8-10-19(17)23-22(24)27-12-18-13(2)11-14(3)20(15(18)4)16(5)25/h7-11H,6,12H2,1-5H3. The number of rotatable bonds is 5. The number of hydrogen-bond acceptors (Lipinski definition) is 4. The summed E-state index contributed by atoms with van der Waals surface area (Å²) in [6, 6.07) is 9.52. The maximum absolute atomic E-state index is 12.8. The molecule has 0 spiro atoms. The average molecular weight is 381 g/mol. The highest BCUT2D eigenvalue weighted by Crippen LogP contribution is 2.29. The van der Waals surface area contributed by atoms with Crippen LogP contribution in [0, 0.1) is 20.8 Å². The summed E-state index contributed by atoms with van der Waals surface area (Å²) in [6.07, 6.45) is 0. The van der Waals surface area contributed by atoms with E-state index in [1.54, 1.807) is 23.3 Å². The number of para-hydroxylation sites is 1. The normalized spacial score (nSPS) is 11.1. The van der Waals surface area contributed by atoms with Gasteiger partial charge < -0.3 is 0 Å².